The van der Waals surface area contributed by atoms with E-state index in [0.717, 1.165) is 46.3 Å². The maximum atomic E-state index is 12.6. The molecule has 1 fully saturated rings. The molecule has 0 spiro atoms. The van der Waals surface area contributed by atoms with Crippen LogP contribution in [0.15, 0.2) is 30.5 Å². The number of carbonyl (C=O) groups is 1. The number of piperidine rings is 1. The van der Waals surface area contributed by atoms with Crippen molar-refractivity contribution in [1.82, 2.24) is 19.7 Å². The Morgan fingerprint density at radius 1 is 1.31 bits per heavy atom. The molecule has 26 heavy (non-hydrogen) atoms. The summed E-state index contributed by atoms with van der Waals surface area (Å²) in [4.78, 5) is 21.4. The van der Waals surface area contributed by atoms with E-state index in [-0.39, 0.29) is 11.9 Å². The van der Waals surface area contributed by atoms with Crippen molar-refractivity contribution < 1.29 is 4.79 Å². The van der Waals surface area contributed by atoms with Gasteiger partial charge >= 0.3 is 0 Å². The first kappa shape index (κ1) is 17.3. The van der Waals surface area contributed by atoms with Crippen molar-refractivity contribution in [3.05, 3.63) is 41.2 Å². The lowest BCUT2D eigenvalue weighted by atomic mass is 10.0. The Kier molecular flexibility index (Phi) is 4.58. The third kappa shape index (κ3) is 3.29. The zero-order chi connectivity index (χ0) is 18.3. The average Bonchev–Trinajstić information content (AvgIpc) is 3.26. The smallest absolute Gasteiger partial charge is 0.274 e. The zero-order valence-corrected chi connectivity index (χ0v) is 16.3. The first-order valence-corrected chi connectivity index (χ1v) is 9.78. The lowest BCUT2D eigenvalue weighted by molar-refractivity contribution is 0.0702. The molecule has 1 aliphatic rings. The van der Waals surface area contributed by atoms with Crippen LogP contribution in [0.1, 0.15) is 23.3 Å². The Bertz CT molecular complexity index is 944. The number of amides is 1. The van der Waals surface area contributed by atoms with Crippen LogP contribution in [0.3, 0.4) is 0 Å². The van der Waals surface area contributed by atoms with E-state index in [4.69, 9.17) is 16.6 Å². The van der Waals surface area contributed by atoms with Gasteiger partial charge in [-0.15, -0.1) is 0 Å². The summed E-state index contributed by atoms with van der Waals surface area (Å²) in [5.41, 5.74) is 1.49. The third-order valence-corrected chi connectivity index (χ3v) is 6.19. The van der Waals surface area contributed by atoms with Gasteiger partial charge in [0.25, 0.3) is 5.91 Å². The van der Waals surface area contributed by atoms with Crippen LogP contribution >= 0.6 is 22.9 Å². The number of anilines is 1. The van der Waals surface area contributed by atoms with Gasteiger partial charge in [0.15, 0.2) is 5.13 Å². The van der Waals surface area contributed by atoms with Crippen LogP contribution in [0.2, 0.25) is 5.02 Å². The fourth-order valence-electron chi connectivity index (χ4n) is 3.34. The molecule has 1 aromatic carbocycles. The molecule has 0 saturated carbocycles. The lowest BCUT2D eigenvalue weighted by Crippen LogP contribution is -2.45. The predicted molar refractivity (Wildman–Crippen MR) is 105 cm³/mol. The Labute approximate surface area is 161 Å². The molecule has 4 rings (SSSR count). The summed E-state index contributed by atoms with van der Waals surface area (Å²) in [7, 11) is 3.69. The highest BCUT2D eigenvalue weighted by Crippen LogP contribution is 2.32. The van der Waals surface area contributed by atoms with Gasteiger partial charge in [-0.05, 0) is 37.1 Å². The highest BCUT2D eigenvalue weighted by Gasteiger charge is 2.28. The summed E-state index contributed by atoms with van der Waals surface area (Å²) in [6.45, 7) is 1.77. The highest BCUT2D eigenvalue weighted by molar-refractivity contribution is 7.22. The molecule has 6 nitrogen and oxygen atoms in total. The van der Waals surface area contributed by atoms with Gasteiger partial charge in [0.1, 0.15) is 5.69 Å². The van der Waals surface area contributed by atoms with Crippen LogP contribution in [0.25, 0.3) is 10.2 Å². The van der Waals surface area contributed by atoms with Crippen molar-refractivity contribution in [2.24, 2.45) is 7.05 Å². The maximum Gasteiger partial charge on any atom is 0.274 e. The van der Waals surface area contributed by atoms with Crippen LogP contribution < -0.4 is 4.90 Å². The van der Waals surface area contributed by atoms with E-state index in [1.165, 1.54) is 0 Å². The number of fused-ring (bicyclic) bond motifs is 1. The van der Waals surface area contributed by atoms with E-state index in [1.54, 1.807) is 28.3 Å². The number of carbonyl (C=O) groups excluding carboxylic acids is 1. The number of thiazole rings is 1. The van der Waals surface area contributed by atoms with Gasteiger partial charge in [-0.25, -0.2) is 4.98 Å². The van der Waals surface area contributed by atoms with Crippen molar-refractivity contribution in [3.63, 3.8) is 0 Å². The molecule has 1 amide bonds. The fourth-order valence-corrected chi connectivity index (χ4v) is 4.63. The van der Waals surface area contributed by atoms with Crippen LogP contribution in [0.4, 0.5) is 5.13 Å². The Balaban J connectivity index is 1.42. The van der Waals surface area contributed by atoms with Crippen molar-refractivity contribution >= 4 is 44.2 Å². The van der Waals surface area contributed by atoms with Gasteiger partial charge in [0.05, 0.1) is 10.2 Å². The molecule has 2 aromatic heterocycles. The second kappa shape index (κ2) is 6.89. The Morgan fingerprint density at radius 3 is 2.77 bits per heavy atom. The van der Waals surface area contributed by atoms with Gasteiger partial charge < -0.3 is 9.80 Å². The van der Waals surface area contributed by atoms with Gasteiger partial charge in [0.2, 0.25) is 0 Å². The van der Waals surface area contributed by atoms with E-state index in [0.29, 0.717) is 5.69 Å². The first-order chi connectivity index (χ1) is 12.5. The predicted octanol–water partition coefficient (Wildman–Crippen LogP) is 3.42. The van der Waals surface area contributed by atoms with E-state index in [9.17, 15) is 4.79 Å². The van der Waals surface area contributed by atoms with Gasteiger partial charge in [-0.3, -0.25) is 9.48 Å². The number of aryl methyl sites for hydroxylation is 1. The molecule has 1 aliphatic heterocycles. The molecule has 0 radical (unpaired) electrons. The summed E-state index contributed by atoms with van der Waals surface area (Å²) in [6.07, 6.45) is 3.64. The first-order valence-electron chi connectivity index (χ1n) is 8.59. The lowest BCUT2D eigenvalue weighted by Gasteiger charge is -2.36. The second-order valence-corrected chi connectivity index (χ2v) is 8.06. The number of benzene rings is 1. The molecule has 136 valence electrons. The summed E-state index contributed by atoms with van der Waals surface area (Å²) in [5, 5.41) is 5.98. The molecule has 8 heteroatoms. The van der Waals surface area contributed by atoms with Gasteiger partial charge in [0, 0.05) is 44.4 Å². The summed E-state index contributed by atoms with van der Waals surface area (Å²) >= 11 is 7.74. The number of nitrogens with zero attached hydrogens (tertiary/aromatic N) is 5. The van der Waals surface area contributed by atoms with E-state index < -0.39 is 0 Å². The number of halogens is 1. The van der Waals surface area contributed by atoms with Crippen LogP contribution in [0, 0.1) is 0 Å². The van der Waals surface area contributed by atoms with Gasteiger partial charge in [-0.2, -0.15) is 5.10 Å². The molecule has 1 saturated heterocycles. The molecular weight excluding hydrogens is 370 g/mol. The average molecular weight is 390 g/mol. The largest absolute Gasteiger partial charge is 0.348 e. The van der Waals surface area contributed by atoms with Crippen molar-refractivity contribution in [1.29, 1.82) is 0 Å². The zero-order valence-electron chi connectivity index (χ0n) is 14.7. The molecule has 0 N–H and O–H groups in total. The van der Waals surface area contributed by atoms with Crippen LogP contribution in [-0.2, 0) is 7.05 Å². The summed E-state index contributed by atoms with van der Waals surface area (Å²) < 4.78 is 2.76. The minimum Gasteiger partial charge on any atom is -0.348 e. The number of hydrogen-bond donors (Lipinski definition) is 0. The minimum atomic E-state index is -0.0151. The highest BCUT2D eigenvalue weighted by atomic mass is 35.5. The maximum absolute atomic E-state index is 12.6. The quantitative estimate of drug-likeness (QED) is 0.688. The summed E-state index contributed by atoms with van der Waals surface area (Å²) in [6, 6.07) is 7.79. The van der Waals surface area contributed by atoms with Crippen LogP contribution in [0.5, 0.6) is 0 Å². The molecule has 0 unspecified atom stereocenters. The minimum absolute atomic E-state index is 0.0151. The van der Waals surface area contributed by atoms with Gasteiger partial charge in [-0.1, -0.05) is 22.9 Å². The van der Waals surface area contributed by atoms with E-state index in [1.807, 2.05) is 37.2 Å². The topological polar surface area (TPSA) is 54.3 Å². The molecular formula is C18H20ClN5OS. The van der Waals surface area contributed by atoms with E-state index >= 15 is 0 Å². The molecule has 3 aromatic rings. The Hall–Kier alpha value is -2.12. The number of hydrogen-bond acceptors (Lipinski definition) is 5. The van der Waals surface area contributed by atoms with Crippen molar-refractivity contribution in [2.75, 3.05) is 25.0 Å². The number of aromatic nitrogens is 3. The van der Waals surface area contributed by atoms with E-state index in [2.05, 4.69) is 10.00 Å². The van der Waals surface area contributed by atoms with Crippen molar-refractivity contribution in [2.45, 2.75) is 18.9 Å². The molecule has 0 atom stereocenters. The van der Waals surface area contributed by atoms with Crippen LogP contribution in [-0.4, -0.2) is 51.8 Å². The second-order valence-electron chi connectivity index (χ2n) is 6.62. The number of rotatable bonds is 3. The summed E-state index contributed by atoms with van der Waals surface area (Å²) in [5.74, 6) is -0.0151. The Morgan fingerprint density at radius 2 is 2.08 bits per heavy atom. The fraction of sp³-hybridized carbons (Fsp3) is 0.389. The standard InChI is InChI=1S/C18H20ClN5OS/c1-22-8-7-15(21-22)17(25)23(2)13-5-9-24(10-6-13)18-20-14-4-3-12(19)11-16(14)26-18/h3-4,7-8,11,13H,5-6,9-10H2,1-2H3. The molecule has 3 heterocycles. The SMILES string of the molecule is CN(C(=O)c1ccn(C)n1)C1CCN(c2nc3ccc(Cl)cc3s2)CC1. The monoisotopic (exact) mass is 389 g/mol. The van der Waals surface area contributed by atoms with Crippen molar-refractivity contribution in [3.8, 4) is 0 Å². The third-order valence-electron chi connectivity index (χ3n) is 4.87. The molecule has 0 aliphatic carbocycles. The molecule has 0 bridgehead atoms. The normalized spacial score (nSPS) is 15.6.